The van der Waals surface area contributed by atoms with Crippen LogP contribution in [0.2, 0.25) is 0 Å². The molecule has 110 valence electrons. The Morgan fingerprint density at radius 2 is 2.05 bits per heavy atom. The van der Waals surface area contributed by atoms with Crippen LogP contribution in [0, 0.1) is 0 Å². The summed E-state index contributed by atoms with van der Waals surface area (Å²) in [6.45, 7) is 2.29. The predicted molar refractivity (Wildman–Crippen MR) is 79.4 cm³/mol. The van der Waals surface area contributed by atoms with Crippen molar-refractivity contribution < 1.29 is 13.2 Å². The maximum Gasteiger partial charge on any atom is 0.215 e. The van der Waals surface area contributed by atoms with Gasteiger partial charge in [0.15, 0.2) is 0 Å². The lowest BCUT2D eigenvalue weighted by atomic mass is 10.2. The first kappa shape index (κ1) is 18.2. The van der Waals surface area contributed by atoms with Gasteiger partial charge < -0.3 is 10.1 Å². The van der Waals surface area contributed by atoms with Crippen molar-refractivity contribution in [3.63, 3.8) is 0 Å². The highest BCUT2D eigenvalue weighted by Gasteiger charge is 2.12. The van der Waals surface area contributed by atoms with Crippen LogP contribution in [-0.4, -0.2) is 35.2 Å². The number of benzene rings is 1. The van der Waals surface area contributed by atoms with Crippen molar-refractivity contribution in [2.45, 2.75) is 18.7 Å². The van der Waals surface area contributed by atoms with E-state index in [1.54, 1.807) is 38.4 Å². The minimum atomic E-state index is -3.31. The molecule has 0 bridgehead atoms. The minimum absolute atomic E-state index is 0. The number of likely N-dealkylation sites (N-methyl/N-ethyl adjacent to an activating group) is 1. The fourth-order valence-electron chi connectivity index (χ4n) is 1.39. The Morgan fingerprint density at radius 3 is 2.63 bits per heavy atom. The molecule has 0 aliphatic rings. The second-order valence-corrected chi connectivity index (χ2v) is 5.96. The summed E-state index contributed by atoms with van der Waals surface area (Å²) < 4.78 is 31.3. The molecule has 0 heterocycles. The van der Waals surface area contributed by atoms with Crippen LogP contribution in [0.4, 0.5) is 0 Å². The fraction of sp³-hybridized carbons (Fsp3) is 0.500. The molecule has 0 saturated carbocycles. The van der Waals surface area contributed by atoms with Crippen molar-refractivity contribution in [1.82, 2.24) is 10.0 Å². The topological polar surface area (TPSA) is 67.4 Å². The van der Waals surface area contributed by atoms with Crippen molar-refractivity contribution in [3.05, 3.63) is 29.8 Å². The van der Waals surface area contributed by atoms with Gasteiger partial charge in [-0.05, 0) is 31.7 Å². The number of ether oxygens (including phenoxy) is 1. The first-order valence-corrected chi connectivity index (χ1v) is 7.39. The Balaban J connectivity index is 0.00000324. The molecular weight excluding hydrogens is 288 g/mol. The van der Waals surface area contributed by atoms with Crippen LogP contribution >= 0.6 is 12.4 Å². The van der Waals surface area contributed by atoms with Gasteiger partial charge in [-0.2, -0.15) is 0 Å². The molecule has 0 spiro atoms. The van der Waals surface area contributed by atoms with Gasteiger partial charge in [0.05, 0.1) is 12.9 Å². The summed E-state index contributed by atoms with van der Waals surface area (Å²) in [7, 11) is 0.0384. The SMILES string of the molecule is CNC(C)CNS(=O)(=O)Cc1cccc(OC)c1.Cl. The molecule has 0 amide bonds. The number of sulfonamides is 1. The molecule has 7 heteroatoms. The molecule has 0 aliphatic heterocycles. The Morgan fingerprint density at radius 1 is 1.37 bits per heavy atom. The Kier molecular flexibility index (Phi) is 8.01. The largest absolute Gasteiger partial charge is 0.497 e. The maximum atomic E-state index is 11.8. The van der Waals surface area contributed by atoms with E-state index in [1.807, 2.05) is 6.92 Å². The van der Waals surface area contributed by atoms with E-state index in [-0.39, 0.29) is 24.2 Å². The van der Waals surface area contributed by atoms with Gasteiger partial charge in [-0.1, -0.05) is 12.1 Å². The molecule has 2 N–H and O–H groups in total. The number of methoxy groups -OCH3 is 1. The summed E-state index contributed by atoms with van der Waals surface area (Å²) in [5.41, 5.74) is 0.707. The molecule has 0 fully saturated rings. The Bertz CT molecular complexity index is 480. The number of nitrogens with one attached hydrogen (secondary N) is 2. The second kappa shape index (κ2) is 8.37. The average Bonchev–Trinajstić information content (AvgIpc) is 2.35. The molecule has 1 unspecified atom stereocenters. The van der Waals surface area contributed by atoms with Gasteiger partial charge in [-0.25, -0.2) is 13.1 Å². The molecule has 1 aromatic rings. The molecule has 0 aromatic heterocycles. The smallest absolute Gasteiger partial charge is 0.215 e. The van der Waals surface area contributed by atoms with E-state index in [1.165, 1.54) is 0 Å². The first-order valence-electron chi connectivity index (χ1n) is 5.74. The van der Waals surface area contributed by atoms with Gasteiger partial charge in [0.2, 0.25) is 10.0 Å². The third kappa shape index (κ3) is 6.77. The normalized spacial score (nSPS) is 12.6. The molecule has 1 aromatic carbocycles. The van der Waals surface area contributed by atoms with Crippen LogP contribution < -0.4 is 14.8 Å². The van der Waals surface area contributed by atoms with Crippen LogP contribution in [0.3, 0.4) is 0 Å². The van der Waals surface area contributed by atoms with Crippen molar-refractivity contribution in [3.8, 4) is 5.75 Å². The van der Waals surface area contributed by atoms with Crippen molar-refractivity contribution in [2.75, 3.05) is 20.7 Å². The van der Waals surface area contributed by atoms with Crippen LogP contribution in [0.1, 0.15) is 12.5 Å². The zero-order valence-corrected chi connectivity index (χ0v) is 13.0. The lowest BCUT2D eigenvalue weighted by molar-refractivity contribution is 0.414. The van der Waals surface area contributed by atoms with E-state index >= 15 is 0 Å². The highest BCUT2D eigenvalue weighted by atomic mass is 35.5. The maximum absolute atomic E-state index is 11.8. The summed E-state index contributed by atoms with van der Waals surface area (Å²) >= 11 is 0. The molecule has 0 radical (unpaired) electrons. The highest BCUT2D eigenvalue weighted by Crippen LogP contribution is 2.14. The van der Waals surface area contributed by atoms with Crippen molar-refractivity contribution >= 4 is 22.4 Å². The quantitative estimate of drug-likeness (QED) is 0.793. The Hall–Kier alpha value is -0.820. The van der Waals surface area contributed by atoms with Gasteiger partial charge >= 0.3 is 0 Å². The van der Waals surface area contributed by atoms with E-state index in [4.69, 9.17) is 4.74 Å². The summed E-state index contributed by atoms with van der Waals surface area (Å²) in [5, 5.41) is 2.97. The summed E-state index contributed by atoms with van der Waals surface area (Å²) in [6.07, 6.45) is 0. The molecule has 1 atom stereocenters. The van der Waals surface area contributed by atoms with E-state index < -0.39 is 10.0 Å². The van der Waals surface area contributed by atoms with Crippen LogP contribution in [0.15, 0.2) is 24.3 Å². The monoisotopic (exact) mass is 308 g/mol. The van der Waals surface area contributed by atoms with Gasteiger partial charge in [-0.3, -0.25) is 0 Å². The molecular formula is C12H21ClN2O3S. The zero-order valence-electron chi connectivity index (χ0n) is 11.3. The predicted octanol–water partition coefficient (Wildman–Crippen LogP) is 1.14. The summed E-state index contributed by atoms with van der Waals surface area (Å²) in [5.74, 6) is 0.618. The van der Waals surface area contributed by atoms with Crippen LogP contribution in [-0.2, 0) is 15.8 Å². The van der Waals surface area contributed by atoms with E-state index in [9.17, 15) is 8.42 Å². The number of rotatable bonds is 7. The molecule has 0 aliphatic carbocycles. The van der Waals surface area contributed by atoms with Crippen LogP contribution in [0.5, 0.6) is 5.75 Å². The van der Waals surface area contributed by atoms with Crippen LogP contribution in [0.25, 0.3) is 0 Å². The number of hydrogen-bond donors (Lipinski definition) is 2. The summed E-state index contributed by atoms with van der Waals surface area (Å²) in [4.78, 5) is 0. The third-order valence-corrected chi connectivity index (χ3v) is 3.91. The van der Waals surface area contributed by atoms with E-state index in [0.717, 1.165) is 0 Å². The molecule has 0 saturated heterocycles. The fourth-order valence-corrected chi connectivity index (χ4v) is 2.61. The lowest BCUT2D eigenvalue weighted by Crippen LogP contribution is -2.37. The number of hydrogen-bond acceptors (Lipinski definition) is 4. The van der Waals surface area contributed by atoms with Gasteiger partial charge in [0.1, 0.15) is 5.75 Å². The number of halogens is 1. The molecule has 5 nitrogen and oxygen atoms in total. The second-order valence-electron chi connectivity index (χ2n) is 4.15. The van der Waals surface area contributed by atoms with E-state index in [2.05, 4.69) is 10.0 Å². The molecule has 19 heavy (non-hydrogen) atoms. The van der Waals surface area contributed by atoms with Crippen molar-refractivity contribution in [1.29, 1.82) is 0 Å². The van der Waals surface area contributed by atoms with Gasteiger partial charge in [0, 0.05) is 12.6 Å². The van der Waals surface area contributed by atoms with Crippen molar-refractivity contribution in [2.24, 2.45) is 0 Å². The van der Waals surface area contributed by atoms with Gasteiger partial charge in [0.25, 0.3) is 0 Å². The summed E-state index contributed by atoms with van der Waals surface area (Å²) in [6, 6.07) is 7.15. The lowest BCUT2D eigenvalue weighted by Gasteiger charge is -2.12. The third-order valence-electron chi connectivity index (χ3n) is 2.59. The highest BCUT2D eigenvalue weighted by molar-refractivity contribution is 7.88. The molecule has 1 rings (SSSR count). The zero-order chi connectivity index (χ0) is 13.6. The Labute approximate surface area is 121 Å². The standard InChI is InChI=1S/C12H20N2O3S.ClH/c1-10(13-2)8-14-18(15,16)9-11-5-4-6-12(7-11)17-3;/h4-7,10,13-14H,8-9H2,1-3H3;1H. The average molecular weight is 309 g/mol. The van der Waals surface area contributed by atoms with E-state index in [0.29, 0.717) is 17.9 Å². The first-order chi connectivity index (χ1) is 8.46. The van der Waals surface area contributed by atoms with Gasteiger partial charge in [-0.15, -0.1) is 12.4 Å². The minimum Gasteiger partial charge on any atom is -0.497 e.